The van der Waals surface area contributed by atoms with E-state index >= 15 is 0 Å². The van der Waals surface area contributed by atoms with Crippen LogP contribution in [0.25, 0.3) is 0 Å². The number of nitrogens with zero attached hydrogens (tertiary/aromatic N) is 1. The maximum atomic E-state index is 11.2. The van der Waals surface area contributed by atoms with Crippen LogP contribution in [0.15, 0.2) is 18.2 Å². The maximum Gasteiger partial charge on any atom is 0.242 e. The number of nitrogens with one attached hydrogen (secondary N) is 1. The molecule has 4 nitrogen and oxygen atoms in total. The topological polar surface area (TPSA) is 70.0 Å². The summed E-state index contributed by atoms with van der Waals surface area (Å²) in [7, 11) is -3.36. The van der Waals surface area contributed by atoms with Crippen LogP contribution < -0.4 is 4.72 Å². The highest BCUT2D eigenvalue weighted by molar-refractivity contribution is 9.10. The molecule has 15 heavy (non-hydrogen) atoms. The number of benzene rings is 1. The summed E-state index contributed by atoms with van der Waals surface area (Å²) in [6.07, 6.45) is 0. The van der Waals surface area contributed by atoms with Gasteiger partial charge in [-0.05, 0) is 30.7 Å². The molecule has 0 aliphatic rings. The molecule has 0 aliphatic heterocycles. The third kappa shape index (κ3) is 3.53. The Kier molecular flexibility index (Phi) is 3.72. The lowest BCUT2D eigenvalue weighted by Crippen LogP contribution is -2.13. The van der Waals surface area contributed by atoms with Crippen LogP contribution in [0.1, 0.15) is 11.1 Å². The Morgan fingerprint density at radius 1 is 1.47 bits per heavy atom. The van der Waals surface area contributed by atoms with Crippen molar-refractivity contribution in [2.75, 3.05) is 9.38 Å². The number of hydrogen-bond donors (Lipinski definition) is 1. The molecule has 1 N–H and O–H groups in total. The molecular weight excluding hydrogens is 280 g/mol. The van der Waals surface area contributed by atoms with E-state index in [1.807, 2.05) is 6.07 Å². The second-order valence-corrected chi connectivity index (χ2v) is 6.05. The SMILES string of the molecule is Cc1cc(C#N)cc(NS(=O)(=O)CBr)c1. The first kappa shape index (κ1) is 12.0. The van der Waals surface area contributed by atoms with Gasteiger partial charge in [-0.2, -0.15) is 5.26 Å². The summed E-state index contributed by atoms with van der Waals surface area (Å²) < 4.78 is 24.7. The predicted octanol–water partition coefficient (Wildman–Crippen LogP) is 1.96. The Labute approximate surface area is 97.1 Å². The van der Waals surface area contributed by atoms with Crippen molar-refractivity contribution in [1.29, 1.82) is 5.26 Å². The standard InChI is InChI=1S/C9H9BrN2O2S/c1-7-2-8(5-11)4-9(3-7)12-15(13,14)6-10/h2-4,12H,6H2,1H3. The highest BCUT2D eigenvalue weighted by Gasteiger charge is 2.08. The molecule has 0 saturated heterocycles. The van der Waals surface area contributed by atoms with Gasteiger partial charge < -0.3 is 0 Å². The van der Waals surface area contributed by atoms with E-state index in [2.05, 4.69) is 20.7 Å². The molecule has 1 aromatic rings. The van der Waals surface area contributed by atoms with Crippen molar-refractivity contribution in [3.8, 4) is 6.07 Å². The normalized spacial score (nSPS) is 10.7. The number of nitriles is 1. The molecule has 6 heteroatoms. The number of sulfonamides is 1. The first-order valence-corrected chi connectivity index (χ1v) is 6.82. The molecule has 0 atom stereocenters. The van der Waals surface area contributed by atoms with Gasteiger partial charge in [-0.15, -0.1) is 0 Å². The number of aryl methyl sites for hydroxylation is 1. The summed E-state index contributed by atoms with van der Waals surface area (Å²) in [5, 5.41) is 8.71. The van der Waals surface area contributed by atoms with Crippen LogP contribution in [-0.4, -0.2) is 13.1 Å². The summed E-state index contributed by atoms with van der Waals surface area (Å²) in [4.78, 5) is 0. The number of alkyl halides is 1. The van der Waals surface area contributed by atoms with Crippen LogP contribution in [0.5, 0.6) is 0 Å². The van der Waals surface area contributed by atoms with Crippen LogP contribution in [0, 0.1) is 18.3 Å². The van der Waals surface area contributed by atoms with Crippen molar-refractivity contribution in [3.63, 3.8) is 0 Å². The highest BCUT2D eigenvalue weighted by Crippen LogP contribution is 2.15. The molecule has 80 valence electrons. The molecular formula is C9H9BrN2O2S. The largest absolute Gasteiger partial charge is 0.283 e. The zero-order valence-corrected chi connectivity index (χ0v) is 10.4. The number of hydrogen-bond acceptors (Lipinski definition) is 3. The fourth-order valence-electron chi connectivity index (χ4n) is 1.11. The fourth-order valence-corrected chi connectivity index (χ4v) is 1.99. The Bertz CT molecular complexity index is 505. The Morgan fingerprint density at radius 3 is 2.67 bits per heavy atom. The quantitative estimate of drug-likeness (QED) is 0.865. The molecule has 0 fully saturated rings. The minimum atomic E-state index is -3.36. The summed E-state index contributed by atoms with van der Waals surface area (Å²) in [6, 6.07) is 6.81. The Balaban J connectivity index is 3.07. The van der Waals surface area contributed by atoms with Gasteiger partial charge in [-0.25, -0.2) is 8.42 Å². The number of anilines is 1. The smallest absolute Gasteiger partial charge is 0.242 e. The Morgan fingerprint density at radius 2 is 2.13 bits per heavy atom. The van der Waals surface area contributed by atoms with Crippen molar-refractivity contribution in [1.82, 2.24) is 0 Å². The van der Waals surface area contributed by atoms with E-state index in [4.69, 9.17) is 5.26 Å². The Hall–Kier alpha value is -1.06. The van der Waals surface area contributed by atoms with Gasteiger partial charge in [0.25, 0.3) is 0 Å². The van der Waals surface area contributed by atoms with E-state index in [0.29, 0.717) is 11.3 Å². The number of rotatable bonds is 3. The molecule has 1 aromatic carbocycles. The van der Waals surface area contributed by atoms with Crippen LogP contribution in [0.3, 0.4) is 0 Å². The highest BCUT2D eigenvalue weighted by atomic mass is 79.9. The van der Waals surface area contributed by atoms with Gasteiger partial charge >= 0.3 is 0 Å². The average molecular weight is 289 g/mol. The van der Waals surface area contributed by atoms with Gasteiger partial charge in [0.05, 0.1) is 17.3 Å². The van der Waals surface area contributed by atoms with Gasteiger partial charge in [0.2, 0.25) is 10.0 Å². The lowest BCUT2D eigenvalue weighted by molar-refractivity contribution is 0.606. The maximum absolute atomic E-state index is 11.2. The van der Waals surface area contributed by atoms with Crippen molar-refractivity contribution in [2.24, 2.45) is 0 Å². The predicted molar refractivity (Wildman–Crippen MR) is 62.2 cm³/mol. The summed E-state index contributed by atoms with van der Waals surface area (Å²) in [5.74, 6) is 0. The molecule has 0 heterocycles. The number of halogens is 1. The zero-order valence-electron chi connectivity index (χ0n) is 7.99. The van der Waals surface area contributed by atoms with Gasteiger partial charge in [-0.1, -0.05) is 15.9 Å². The third-order valence-electron chi connectivity index (χ3n) is 1.62. The van der Waals surface area contributed by atoms with Crippen molar-refractivity contribution >= 4 is 31.6 Å². The molecule has 0 unspecified atom stereocenters. The van der Waals surface area contributed by atoms with Crippen molar-refractivity contribution in [2.45, 2.75) is 6.92 Å². The second-order valence-electron chi connectivity index (χ2n) is 3.03. The lowest BCUT2D eigenvalue weighted by atomic mass is 10.1. The van der Waals surface area contributed by atoms with Gasteiger partial charge in [-0.3, -0.25) is 4.72 Å². The summed E-state index contributed by atoms with van der Waals surface area (Å²) >= 11 is 2.87. The molecule has 0 amide bonds. The molecule has 0 radical (unpaired) electrons. The van der Waals surface area contributed by atoms with Crippen molar-refractivity contribution in [3.05, 3.63) is 29.3 Å². The van der Waals surface area contributed by atoms with E-state index in [0.717, 1.165) is 5.56 Å². The first-order chi connectivity index (χ1) is 6.96. The summed E-state index contributed by atoms with van der Waals surface area (Å²) in [5.41, 5.74) is 1.68. The van der Waals surface area contributed by atoms with Crippen molar-refractivity contribution < 1.29 is 8.42 Å². The lowest BCUT2D eigenvalue weighted by Gasteiger charge is -2.06. The van der Waals surface area contributed by atoms with E-state index in [1.165, 1.54) is 6.07 Å². The molecule has 1 rings (SSSR count). The average Bonchev–Trinajstić information content (AvgIpc) is 2.16. The molecule has 0 saturated carbocycles. The van der Waals surface area contributed by atoms with Crippen LogP contribution in [0.4, 0.5) is 5.69 Å². The van der Waals surface area contributed by atoms with E-state index in [1.54, 1.807) is 19.1 Å². The van der Waals surface area contributed by atoms with Gasteiger partial charge in [0.1, 0.15) is 4.66 Å². The minimum absolute atomic E-state index is 0.171. The van der Waals surface area contributed by atoms with Gasteiger partial charge in [0.15, 0.2) is 0 Å². The van der Waals surface area contributed by atoms with Crippen LogP contribution in [-0.2, 0) is 10.0 Å². The van der Waals surface area contributed by atoms with E-state index in [-0.39, 0.29) is 4.66 Å². The minimum Gasteiger partial charge on any atom is -0.283 e. The fraction of sp³-hybridized carbons (Fsp3) is 0.222. The van der Waals surface area contributed by atoms with E-state index in [9.17, 15) is 8.42 Å². The molecule has 0 aliphatic carbocycles. The van der Waals surface area contributed by atoms with E-state index < -0.39 is 10.0 Å². The molecule has 0 aromatic heterocycles. The third-order valence-corrected chi connectivity index (χ3v) is 4.27. The van der Waals surface area contributed by atoms with Crippen LogP contribution >= 0.6 is 15.9 Å². The first-order valence-electron chi connectivity index (χ1n) is 4.05. The molecule has 0 spiro atoms. The second kappa shape index (κ2) is 4.64. The van der Waals surface area contributed by atoms with Crippen LogP contribution in [0.2, 0.25) is 0 Å². The summed E-state index contributed by atoms with van der Waals surface area (Å²) in [6.45, 7) is 1.80. The van der Waals surface area contributed by atoms with Gasteiger partial charge in [0, 0.05) is 0 Å². The molecule has 0 bridgehead atoms. The zero-order chi connectivity index (χ0) is 11.5. The monoisotopic (exact) mass is 288 g/mol.